The number of rotatable bonds is 3. The zero-order valence-corrected chi connectivity index (χ0v) is 12.7. The van der Waals surface area contributed by atoms with Crippen LogP contribution in [-0.2, 0) is 6.42 Å². The van der Waals surface area contributed by atoms with Gasteiger partial charge in [0.1, 0.15) is 0 Å². The van der Waals surface area contributed by atoms with Crippen molar-refractivity contribution in [2.75, 3.05) is 20.1 Å². The van der Waals surface area contributed by atoms with Crippen molar-refractivity contribution in [3.8, 4) is 0 Å². The van der Waals surface area contributed by atoms with E-state index in [0.29, 0.717) is 18.0 Å². The maximum Gasteiger partial charge on any atom is 0.0456 e. The van der Waals surface area contributed by atoms with Crippen molar-refractivity contribution >= 4 is 10.9 Å². The van der Waals surface area contributed by atoms with Crippen molar-refractivity contribution < 1.29 is 0 Å². The van der Waals surface area contributed by atoms with Gasteiger partial charge in [-0.15, -0.1) is 0 Å². The summed E-state index contributed by atoms with van der Waals surface area (Å²) in [5, 5.41) is 5.09. The largest absolute Gasteiger partial charge is 0.361 e. The average Bonchev–Trinajstić information content (AvgIpc) is 2.82. The quantitative estimate of drug-likeness (QED) is 0.899. The molecule has 0 aliphatic carbocycles. The zero-order valence-electron chi connectivity index (χ0n) is 12.7. The molecule has 0 spiro atoms. The number of hydrogen-bond acceptors (Lipinski definition) is 2. The van der Waals surface area contributed by atoms with Crippen molar-refractivity contribution in [2.45, 2.75) is 32.4 Å². The first-order valence-electron chi connectivity index (χ1n) is 7.63. The Hall–Kier alpha value is -1.32. The molecule has 1 fully saturated rings. The van der Waals surface area contributed by atoms with E-state index in [9.17, 15) is 0 Å². The van der Waals surface area contributed by atoms with Gasteiger partial charge >= 0.3 is 0 Å². The molecule has 20 heavy (non-hydrogen) atoms. The predicted molar refractivity (Wildman–Crippen MR) is 85.0 cm³/mol. The summed E-state index contributed by atoms with van der Waals surface area (Å²) in [6, 6.07) is 9.78. The first-order valence-corrected chi connectivity index (χ1v) is 7.63. The van der Waals surface area contributed by atoms with E-state index < -0.39 is 0 Å². The first kappa shape index (κ1) is 13.7. The third kappa shape index (κ3) is 2.60. The van der Waals surface area contributed by atoms with Gasteiger partial charge in [0.15, 0.2) is 0 Å². The highest BCUT2D eigenvalue weighted by atomic mass is 15.2. The predicted octanol–water partition coefficient (Wildman–Crippen LogP) is 2.64. The molecule has 1 saturated heterocycles. The molecule has 1 aliphatic heterocycles. The topological polar surface area (TPSA) is 31.1 Å². The van der Waals surface area contributed by atoms with Crippen LogP contribution in [0.5, 0.6) is 0 Å². The van der Waals surface area contributed by atoms with E-state index in [1.807, 2.05) is 0 Å². The van der Waals surface area contributed by atoms with Gasteiger partial charge in [0, 0.05) is 42.3 Å². The number of nitrogens with one attached hydrogen (secondary N) is 2. The minimum absolute atomic E-state index is 0.550. The Kier molecular flexibility index (Phi) is 3.81. The summed E-state index contributed by atoms with van der Waals surface area (Å²) in [5.74, 6) is 0.710. The number of H-pyrrole nitrogens is 1. The SMILES string of the molecule is CC(C)[C@H]1CN[C@@H](Cc2c[nH]c3ccccc23)CN1C. The smallest absolute Gasteiger partial charge is 0.0456 e. The summed E-state index contributed by atoms with van der Waals surface area (Å²) in [7, 11) is 2.26. The number of fused-ring (bicyclic) bond motifs is 1. The third-order valence-corrected chi connectivity index (χ3v) is 4.60. The molecule has 0 unspecified atom stereocenters. The van der Waals surface area contributed by atoms with Gasteiger partial charge in [0.25, 0.3) is 0 Å². The maximum absolute atomic E-state index is 3.73. The Balaban J connectivity index is 1.70. The van der Waals surface area contributed by atoms with Crippen molar-refractivity contribution in [2.24, 2.45) is 5.92 Å². The Morgan fingerprint density at radius 3 is 2.85 bits per heavy atom. The standard InChI is InChI=1S/C17H25N3/c1-12(2)17-10-18-14(11-20(17)3)8-13-9-19-16-7-5-4-6-15(13)16/h4-7,9,12,14,17-19H,8,10-11H2,1-3H3/t14-,17+/m0/s1. The van der Waals surface area contributed by atoms with E-state index in [4.69, 9.17) is 0 Å². The number of aromatic amines is 1. The van der Waals surface area contributed by atoms with Crippen LogP contribution in [-0.4, -0.2) is 42.1 Å². The van der Waals surface area contributed by atoms with Gasteiger partial charge < -0.3 is 15.2 Å². The number of nitrogens with zero attached hydrogens (tertiary/aromatic N) is 1. The van der Waals surface area contributed by atoms with Gasteiger partial charge in [-0.05, 0) is 31.0 Å². The molecule has 3 nitrogen and oxygen atoms in total. The highest BCUT2D eigenvalue weighted by molar-refractivity contribution is 5.83. The van der Waals surface area contributed by atoms with Crippen LogP contribution < -0.4 is 5.32 Å². The first-order chi connectivity index (χ1) is 9.65. The highest BCUT2D eigenvalue weighted by Crippen LogP contribution is 2.21. The maximum atomic E-state index is 3.73. The van der Waals surface area contributed by atoms with Crippen molar-refractivity contribution in [3.63, 3.8) is 0 Å². The summed E-state index contributed by atoms with van der Waals surface area (Å²) >= 11 is 0. The lowest BCUT2D eigenvalue weighted by Crippen LogP contribution is -2.57. The van der Waals surface area contributed by atoms with E-state index in [0.717, 1.165) is 19.5 Å². The average molecular weight is 271 g/mol. The number of piperazine rings is 1. The van der Waals surface area contributed by atoms with E-state index in [2.05, 4.69) is 66.6 Å². The molecule has 108 valence electrons. The highest BCUT2D eigenvalue weighted by Gasteiger charge is 2.27. The molecular formula is C17H25N3. The summed E-state index contributed by atoms with van der Waals surface area (Å²) in [5.41, 5.74) is 2.67. The Morgan fingerprint density at radius 2 is 2.10 bits per heavy atom. The number of likely N-dealkylation sites (N-methyl/N-ethyl adjacent to an activating group) is 1. The Morgan fingerprint density at radius 1 is 1.30 bits per heavy atom. The molecule has 2 aromatic rings. The van der Waals surface area contributed by atoms with Crippen molar-refractivity contribution in [1.82, 2.24) is 15.2 Å². The van der Waals surface area contributed by atoms with Gasteiger partial charge in [-0.2, -0.15) is 0 Å². The van der Waals surface area contributed by atoms with Crippen LogP contribution in [0, 0.1) is 5.92 Å². The summed E-state index contributed by atoms with van der Waals surface area (Å²) in [6.45, 7) is 6.84. The van der Waals surface area contributed by atoms with Gasteiger partial charge in [0.05, 0.1) is 0 Å². The molecule has 1 aromatic heterocycles. The summed E-state index contributed by atoms with van der Waals surface area (Å²) < 4.78 is 0. The van der Waals surface area contributed by atoms with E-state index >= 15 is 0 Å². The van der Waals surface area contributed by atoms with Gasteiger partial charge in [-0.1, -0.05) is 32.0 Å². The Bertz CT molecular complexity index is 572. The lowest BCUT2D eigenvalue weighted by molar-refractivity contribution is 0.127. The van der Waals surface area contributed by atoms with Crippen LogP contribution in [0.25, 0.3) is 10.9 Å². The molecule has 2 N–H and O–H groups in total. The van der Waals surface area contributed by atoms with Crippen LogP contribution in [0.15, 0.2) is 30.5 Å². The molecule has 0 bridgehead atoms. The van der Waals surface area contributed by atoms with Crippen LogP contribution in [0.1, 0.15) is 19.4 Å². The molecule has 2 heterocycles. The number of benzene rings is 1. The molecule has 0 amide bonds. The fraction of sp³-hybridized carbons (Fsp3) is 0.529. The molecule has 0 radical (unpaired) electrons. The number of aromatic nitrogens is 1. The van der Waals surface area contributed by atoms with Crippen molar-refractivity contribution in [1.29, 1.82) is 0 Å². The lowest BCUT2D eigenvalue weighted by Gasteiger charge is -2.40. The second-order valence-corrected chi connectivity index (χ2v) is 6.42. The van der Waals surface area contributed by atoms with Crippen LogP contribution in [0.2, 0.25) is 0 Å². The monoisotopic (exact) mass is 271 g/mol. The minimum atomic E-state index is 0.550. The van der Waals surface area contributed by atoms with Gasteiger partial charge in [-0.25, -0.2) is 0 Å². The normalized spacial score (nSPS) is 24.6. The molecule has 3 rings (SSSR count). The molecule has 1 aromatic carbocycles. The fourth-order valence-electron chi connectivity index (χ4n) is 3.44. The van der Waals surface area contributed by atoms with E-state index in [1.54, 1.807) is 0 Å². The zero-order chi connectivity index (χ0) is 14.1. The summed E-state index contributed by atoms with van der Waals surface area (Å²) in [6.07, 6.45) is 3.26. The van der Waals surface area contributed by atoms with Crippen molar-refractivity contribution in [3.05, 3.63) is 36.0 Å². The molecular weight excluding hydrogens is 246 g/mol. The van der Waals surface area contributed by atoms with Crippen LogP contribution >= 0.6 is 0 Å². The fourth-order valence-corrected chi connectivity index (χ4v) is 3.44. The third-order valence-electron chi connectivity index (χ3n) is 4.60. The second-order valence-electron chi connectivity index (χ2n) is 6.42. The van der Waals surface area contributed by atoms with Gasteiger partial charge in [0.2, 0.25) is 0 Å². The molecule has 2 atom stereocenters. The molecule has 0 saturated carbocycles. The van der Waals surface area contributed by atoms with E-state index in [-0.39, 0.29) is 0 Å². The molecule has 3 heteroatoms. The number of para-hydroxylation sites is 1. The lowest BCUT2D eigenvalue weighted by atomic mass is 9.96. The number of hydrogen-bond donors (Lipinski definition) is 2. The van der Waals surface area contributed by atoms with Gasteiger partial charge in [-0.3, -0.25) is 0 Å². The molecule has 1 aliphatic rings. The van der Waals surface area contributed by atoms with E-state index in [1.165, 1.54) is 16.5 Å². The minimum Gasteiger partial charge on any atom is -0.361 e. The van der Waals surface area contributed by atoms with Crippen LogP contribution in [0.4, 0.5) is 0 Å². The van der Waals surface area contributed by atoms with Crippen LogP contribution in [0.3, 0.4) is 0 Å². The summed E-state index contributed by atoms with van der Waals surface area (Å²) in [4.78, 5) is 5.89. The second kappa shape index (κ2) is 5.58. The Labute approximate surface area is 121 Å².